The third kappa shape index (κ3) is 5.20. The first-order valence-electron chi connectivity index (χ1n) is 9.41. The van der Waals surface area contributed by atoms with Gasteiger partial charge in [-0.3, -0.25) is 4.79 Å². The van der Waals surface area contributed by atoms with Gasteiger partial charge in [-0.25, -0.2) is 0 Å². The van der Waals surface area contributed by atoms with Gasteiger partial charge in [-0.2, -0.15) is 18.4 Å². The van der Waals surface area contributed by atoms with E-state index in [0.29, 0.717) is 17.1 Å². The van der Waals surface area contributed by atoms with Gasteiger partial charge in [0.1, 0.15) is 22.6 Å². The number of para-hydroxylation sites is 1. The average molecular weight is 450 g/mol. The fraction of sp³-hybridized carbons (Fsp3) is 0.304. The fourth-order valence-electron chi connectivity index (χ4n) is 3.42. The van der Waals surface area contributed by atoms with Gasteiger partial charge >= 0.3 is 12.1 Å². The van der Waals surface area contributed by atoms with Crippen molar-refractivity contribution in [3.05, 3.63) is 71.3 Å². The van der Waals surface area contributed by atoms with Crippen LogP contribution >= 0.6 is 11.6 Å². The van der Waals surface area contributed by atoms with Crippen LogP contribution in [-0.4, -0.2) is 12.1 Å². The van der Waals surface area contributed by atoms with Crippen LogP contribution in [0.5, 0.6) is 11.5 Å². The Morgan fingerprint density at radius 2 is 1.81 bits per heavy atom. The molecule has 1 saturated carbocycles. The molecule has 0 bridgehead atoms. The molecule has 0 unspecified atom stereocenters. The lowest BCUT2D eigenvalue weighted by Gasteiger charge is -2.13. The number of nitriles is 1. The number of carbonyl (C=O) groups excluding carboxylic acids is 1. The Hall–Kier alpha value is -2.98. The molecule has 0 aliphatic heterocycles. The zero-order valence-corrected chi connectivity index (χ0v) is 17.4. The molecule has 2 aromatic rings. The number of rotatable bonds is 6. The maximum absolute atomic E-state index is 12.7. The van der Waals surface area contributed by atoms with E-state index in [1.807, 2.05) is 24.3 Å². The standard InChI is InChI=1S/C23H19ClF3NO3/c1-22(2)17(12-19(24)23(25,26)27)20(22)21(29)31-18(13-28)14-7-6-10-16(11-14)30-15-8-4-3-5-9-15/h3-12,17-18,20H,1-2H3/b19-12+/t17-,18-,20-/m1/s1. The van der Waals surface area contributed by atoms with Crippen molar-refractivity contribution >= 4 is 17.6 Å². The lowest BCUT2D eigenvalue weighted by Crippen LogP contribution is -2.14. The Labute approximate surface area is 182 Å². The van der Waals surface area contributed by atoms with Crippen LogP contribution in [0.3, 0.4) is 0 Å². The lowest BCUT2D eigenvalue weighted by molar-refractivity contribution is -0.149. The number of allylic oxidation sites excluding steroid dienone is 2. The highest BCUT2D eigenvalue weighted by molar-refractivity contribution is 6.30. The van der Waals surface area contributed by atoms with Gasteiger partial charge in [-0.05, 0) is 35.6 Å². The van der Waals surface area contributed by atoms with E-state index in [9.17, 15) is 23.2 Å². The van der Waals surface area contributed by atoms with E-state index in [4.69, 9.17) is 21.1 Å². The highest BCUT2D eigenvalue weighted by Gasteiger charge is 2.62. The Morgan fingerprint density at radius 1 is 1.16 bits per heavy atom. The quantitative estimate of drug-likeness (QED) is 0.469. The van der Waals surface area contributed by atoms with Crippen LogP contribution in [0.4, 0.5) is 13.2 Å². The van der Waals surface area contributed by atoms with Gasteiger partial charge in [0.2, 0.25) is 6.10 Å². The molecule has 0 radical (unpaired) electrons. The molecule has 8 heteroatoms. The molecule has 0 aromatic heterocycles. The van der Waals surface area contributed by atoms with E-state index in [1.54, 1.807) is 50.2 Å². The number of alkyl halides is 3. The van der Waals surface area contributed by atoms with Crippen LogP contribution < -0.4 is 4.74 Å². The van der Waals surface area contributed by atoms with E-state index in [1.165, 1.54) is 0 Å². The van der Waals surface area contributed by atoms with Crippen LogP contribution in [0.25, 0.3) is 0 Å². The highest BCUT2D eigenvalue weighted by atomic mass is 35.5. The summed E-state index contributed by atoms with van der Waals surface area (Å²) < 4.78 is 49.2. The van der Waals surface area contributed by atoms with Crippen molar-refractivity contribution in [2.75, 3.05) is 0 Å². The third-order valence-electron chi connectivity index (χ3n) is 5.25. The summed E-state index contributed by atoms with van der Waals surface area (Å²) in [4.78, 5) is 12.6. The molecule has 0 heterocycles. The molecular formula is C23H19ClF3NO3. The van der Waals surface area contributed by atoms with Crippen LogP contribution in [0.1, 0.15) is 25.5 Å². The number of esters is 1. The first-order valence-corrected chi connectivity index (χ1v) is 9.79. The smallest absolute Gasteiger partial charge is 0.426 e. The number of carbonyl (C=O) groups is 1. The van der Waals surface area contributed by atoms with E-state index in [2.05, 4.69) is 0 Å². The van der Waals surface area contributed by atoms with E-state index < -0.39 is 40.5 Å². The summed E-state index contributed by atoms with van der Waals surface area (Å²) in [6, 6.07) is 17.4. The Balaban J connectivity index is 1.72. The molecule has 1 aliphatic carbocycles. The summed E-state index contributed by atoms with van der Waals surface area (Å²) in [5, 5.41) is 8.23. The first-order chi connectivity index (χ1) is 14.5. The fourth-order valence-corrected chi connectivity index (χ4v) is 3.55. The minimum Gasteiger partial charge on any atom is -0.457 e. The van der Waals surface area contributed by atoms with E-state index in [0.717, 1.165) is 6.08 Å². The van der Waals surface area contributed by atoms with Gasteiger partial charge in [-0.1, -0.05) is 61.9 Å². The van der Waals surface area contributed by atoms with Crippen LogP contribution in [0, 0.1) is 28.6 Å². The topological polar surface area (TPSA) is 59.3 Å². The van der Waals surface area contributed by atoms with Crippen molar-refractivity contribution in [1.29, 1.82) is 5.26 Å². The Kier molecular flexibility index (Phi) is 6.33. The molecule has 31 heavy (non-hydrogen) atoms. The summed E-state index contributed by atoms with van der Waals surface area (Å²) in [7, 11) is 0. The minimum atomic E-state index is -4.68. The number of benzene rings is 2. The van der Waals surface area contributed by atoms with Gasteiger partial charge in [0.15, 0.2) is 0 Å². The summed E-state index contributed by atoms with van der Waals surface area (Å²) in [6.45, 7) is 3.30. The van der Waals surface area contributed by atoms with Gasteiger partial charge in [0, 0.05) is 5.56 Å². The summed E-state index contributed by atoms with van der Waals surface area (Å²) in [6.07, 6.45) is -5.07. The van der Waals surface area contributed by atoms with Crippen molar-refractivity contribution in [2.45, 2.75) is 26.1 Å². The molecule has 1 fully saturated rings. The van der Waals surface area contributed by atoms with Gasteiger partial charge in [0.25, 0.3) is 0 Å². The predicted octanol–water partition coefficient (Wildman–Crippen LogP) is 6.54. The first kappa shape index (κ1) is 22.7. The molecule has 0 spiro atoms. The molecule has 162 valence electrons. The molecule has 3 atom stereocenters. The minimum absolute atomic E-state index is 0.392. The van der Waals surface area contributed by atoms with E-state index >= 15 is 0 Å². The monoisotopic (exact) mass is 449 g/mol. The number of hydrogen-bond donors (Lipinski definition) is 0. The second-order valence-corrected chi connectivity index (χ2v) is 8.18. The van der Waals surface area contributed by atoms with Crippen molar-refractivity contribution in [2.24, 2.45) is 17.3 Å². The van der Waals surface area contributed by atoms with Crippen molar-refractivity contribution in [3.63, 3.8) is 0 Å². The van der Waals surface area contributed by atoms with Crippen molar-refractivity contribution in [1.82, 2.24) is 0 Å². The molecule has 4 nitrogen and oxygen atoms in total. The summed E-state index contributed by atoms with van der Waals surface area (Å²) >= 11 is 5.32. The zero-order valence-electron chi connectivity index (χ0n) is 16.7. The van der Waals surface area contributed by atoms with Crippen molar-refractivity contribution in [3.8, 4) is 17.6 Å². The van der Waals surface area contributed by atoms with E-state index in [-0.39, 0.29) is 0 Å². The predicted molar refractivity (Wildman–Crippen MR) is 108 cm³/mol. The highest BCUT2D eigenvalue weighted by Crippen LogP contribution is 2.60. The summed E-state index contributed by atoms with van der Waals surface area (Å²) in [5.41, 5.74) is -0.371. The van der Waals surface area contributed by atoms with Crippen LogP contribution in [0.2, 0.25) is 0 Å². The molecule has 3 rings (SSSR count). The lowest BCUT2D eigenvalue weighted by atomic mass is 10.1. The average Bonchev–Trinajstić information content (AvgIpc) is 3.26. The third-order valence-corrected chi connectivity index (χ3v) is 5.59. The largest absolute Gasteiger partial charge is 0.457 e. The molecule has 0 N–H and O–H groups in total. The van der Waals surface area contributed by atoms with Gasteiger partial charge < -0.3 is 9.47 Å². The van der Waals surface area contributed by atoms with Crippen LogP contribution in [0.15, 0.2) is 65.7 Å². The molecule has 1 aliphatic rings. The molecule has 0 saturated heterocycles. The van der Waals surface area contributed by atoms with Crippen LogP contribution in [-0.2, 0) is 9.53 Å². The van der Waals surface area contributed by atoms with Gasteiger partial charge in [-0.15, -0.1) is 0 Å². The number of halogens is 4. The maximum atomic E-state index is 12.7. The van der Waals surface area contributed by atoms with Crippen molar-refractivity contribution < 1.29 is 27.4 Å². The Morgan fingerprint density at radius 3 is 2.42 bits per heavy atom. The number of nitrogens with zero attached hydrogens (tertiary/aromatic N) is 1. The SMILES string of the molecule is CC1(C)[C@H](/C=C(/Cl)C(F)(F)F)[C@@H]1C(=O)O[C@H](C#N)c1cccc(Oc2ccccc2)c1. The molecule has 0 amide bonds. The van der Waals surface area contributed by atoms with Gasteiger partial charge in [0.05, 0.1) is 5.92 Å². The Bertz CT molecular complexity index is 1030. The maximum Gasteiger partial charge on any atom is 0.426 e. The second-order valence-electron chi connectivity index (χ2n) is 7.77. The second kappa shape index (κ2) is 8.64. The molecular weight excluding hydrogens is 431 g/mol. The summed E-state index contributed by atoms with van der Waals surface area (Å²) in [5.74, 6) is -1.27. The zero-order chi connectivity index (χ0) is 22.8. The molecule has 2 aromatic carbocycles. The number of hydrogen-bond acceptors (Lipinski definition) is 4. The normalized spacial score (nSPS) is 21.0. The number of ether oxygens (including phenoxy) is 2.